The van der Waals surface area contributed by atoms with Gasteiger partial charge in [-0.3, -0.25) is 4.90 Å². The van der Waals surface area contributed by atoms with Crippen LogP contribution in [-0.4, -0.2) is 61.2 Å². The lowest BCUT2D eigenvalue weighted by atomic mass is 10.1. The van der Waals surface area contributed by atoms with Gasteiger partial charge in [-0.15, -0.1) is 0 Å². The largest absolute Gasteiger partial charge is 0.311 e. The Balaban J connectivity index is 1.71. The maximum atomic E-state index is 3.77. The van der Waals surface area contributed by atoms with Crippen LogP contribution in [0.2, 0.25) is 0 Å². The van der Waals surface area contributed by atoms with E-state index in [-0.39, 0.29) is 0 Å². The maximum Gasteiger partial charge on any atom is 0.0221 e. The van der Waals surface area contributed by atoms with E-state index in [0.29, 0.717) is 0 Å². The molecule has 1 N–H and O–H groups in total. The van der Waals surface area contributed by atoms with Gasteiger partial charge in [-0.2, -0.15) is 0 Å². The van der Waals surface area contributed by atoms with Gasteiger partial charge in [0.25, 0.3) is 0 Å². The van der Waals surface area contributed by atoms with Crippen molar-refractivity contribution in [1.29, 1.82) is 0 Å². The van der Waals surface area contributed by atoms with E-state index in [9.17, 15) is 0 Å². The topological polar surface area (TPSA) is 18.5 Å². The van der Waals surface area contributed by atoms with Crippen molar-refractivity contribution in [3.63, 3.8) is 0 Å². The third-order valence-corrected chi connectivity index (χ3v) is 4.43. The number of nitrogens with zero attached hydrogens (tertiary/aromatic N) is 2. The Labute approximate surface area is 100 Å². The highest BCUT2D eigenvalue weighted by molar-refractivity contribution is 4.88. The van der Waals surface area contributed by atoms with Crippen molar-refractivity contribution >= 4 is 0 Å². The average Bonchev–Trinajstić information content (AvgIpc) is 2.83. The molecule has 3 atom stereocenters. The number of likely N-dealkylation sites (N-methyl/N-ethyl adjacent to an activating group) is 2. The van der Waals surface area contributed by atoms with Crippen LogP contribution in [-0.2, 0) is 0 Å². The van der Waals surface area contributed by atoms with E-state index < -0.39 is 0 Å². The zero-order chi connectivity index (χ0) is 11.5. The molecule has 0 aromatic rings. The summed E-state index contributed by atoms with van der Waals surface area (Å²) in [6.07, 6.45) is 4.09. The number of hydrogen-bond donors (Lipinski definition) is 1. The molecule has 0 amide bonds. The van der Waals surface area contributed by atoms with Crippen LogP contribution in [0.1, 0.15) is 33.1 Å². The maximum absolute atomic E-state index is 3.77. The molecule has 94 valence electrons. The highest BCUT2D eigenvalue weighted by atomic mass is 15.2. The predicted octanol–water partition coefficient (Wildman–Crippen LogP) is 1.15. The summed E-state index contributed by atoms with van der Waals surface area (Å²) in [5.74, 6) is 0. The fraction of sp³-hybridized carbons (Fsp3) is 1.00. The normalized spacial score (nSPS) is 37.3. The first kappa shape index (κ1) is 12.3. The Hall–Kier alpha value is -0.120. The van der Waals surface area contributed by atoms with Gasteiger partial charge in [0.2, 0.25) is 0 Å². The average molecular weight is 225 g/mol. The lowest BCUT2D eigenvalue weighted by molar-refractivity contribution is 0.253. The highest BCUT2D eigenvalue weighted by Crippen LogP contribution is 2.18. The van der Waals surface area contributed by atoms with Crippen molar-refractivity contribution in [2.75, 3.05) is 33.2 Å². The molecule has 16 heavy (non-hydrogen) atoms. The number of nitrogens with one attached hydrogen (secondary N) is 1. The predicted molar refractivity (Wildman–Crippen MR) is 68.8 cm³/mol. The number of likely N-dealkylation sites (tertiary alicyclic amines) is 2. The second-order valence-corrected chi connectivity index (χ2v) is 5.55. The first-order valence-electron chi connectivity index (χ1n) is 6.88. The summed E-state index contributed by atoms with van der Waals surface area (Å²) in [5, 5.41) is 3.77. The molecule has 2 rings (SSSR count). The smallest absolute Gasteiger partial charge is 0.0221 e. The summed E-state index contributed by atoms with van der Waals surface area (Å²) in [7, 11) is 2.24. The van der Waals surface area contributed by atoms with Gasteiger partial charge in [0, 0.05) is 31.2 Å². The van der Waals surface area contributed by atoms with E-state index in [2.05, 4.69) is 36.0 Å². The van der Waals surface area contributed by atoms with E-state index in [4.69, 9.17) is 0 Å². The van der Waals surface area contributed by atoms with Crippen LogP contribution >= 0.6 is 0 Å². The fourth-order valence-electron chi connectivity index (χ4n) is 3.19. The summed E-state index contributed by atoms with van der Waals surface area (Å²) < 4.78 is 0. The molecule has 0 radical (unpaired) electrons. The minimum absolute atomic E-state index is 0.722. The van der Waals surface area contributed by atoms with Crippen molar-refractivity contribution in [2.24, 2.45) is 0 Å². The van der Waals surface area contributed by atoms with Gasteiger partial charge in [-0.25, -0.2) is 0 Å². The van der Waals surface area contributed by atoms with Crippen LogP contribution in [0.15, 0.2) is 0 Å². The second-order valence-electron chi connectivity index (χ2n) is 5.55. The van der Waals surface area contributed by atoms with Crippen LogP contribution < -0.4 is 5.32 Å². The highest BCUT2D eigenvalue weighted by Gasteiger charge is 2.28. The molecule has 2 heterocycles. The lowest BCUT2D eigenvalue weighted by Crippen LogP contribution is -2.42. The van der Waals surface area contributed by atoms with Gasteiger partial charge in [0.1, 0.15) is 0 Å². The number of rotatable bonds is 4. The monoisotopic (exact) mass is 225 g/mol. The zero-order valence-corrected chi connectivity index (χ0v) is 11.1. The van der Waals surface area contributed by atoms with Crippen LogP contribution in [0.5, 0.6) is 0 Å². The molecule has 3 heteroatoms. The Morgan fingerprint density at radius 1 is 1.38 bits per heavy atom. The van der Waals surface area contributed by atoms with Gasteiger partial charge in [-0.1, -0.05) is 6.92 Å². The SMILES string of the molecule is CCN1CCCC1CNC1CC(C)N(C)C1. The molecule has 2 fully saturated rings. The van der Waals surface area contributed by atoms with E-state index in [1.165, 1.54) is 45.4 Å². The summed E-state index contributed by atoms with van der Waals surface area (Å²) in [5.41, 5.74) is 0. The van der Waals surface area contributed by atoms with Crippen molar-refractivity contribution in [1.82, 2.24) is 15.1 Å². The third-order valence-electron chi connectivity index (χ3n) is 4.43. The third kappa shape index (κ3) is 2.76. The molecule has 0 bridgehead atoms. The van der Waals surface area contributed by atoms with Crippen LogP contribution in [0, 0.1) is 0 Å². The minimum Gasteiger partial charge on any atom is -0.311 e. The van der Waals surface area contributed by atoms with Crippen LogP contribution in [0.3, 0.4) is 0 Å². The van der Waals surface area contributed by atoms with E-state index in [0.717, 1.165) is 18.1 Å². The van der Waals surface area contributed by atoms with E-state index in [1.54, 1.807) is 0 Å². The molecule has 2 aliphatic heterocycles. The second kappa shape index (κ2) is 5.48. The number of hydrogen-bond acceptors (Lipinski definition) is 3. The minimum atomic E-state index is 0.722. The molecular weight excluding hydrogens is 198 g/mol. The van der Waals surface area contributed by atoms with Gasteiger partial charge >= 0.3 is 0 Å². The Morgan fingerprint density at radius 2 is 2.19 bits per heavy atom. The van der Waals surface area contributed by atoms with Crippen molar-refractivity contribution in [2.45, 2.75) is 51.2 Å². The summed E-state index contributed by atoms with van der Waals surface area (Å²) in [6, 6.07) is 2.27. The molecule has 0 spiro atoms. The van der Waals surface area contributed by atoms with Gasteiger partial charge in [-0.05, 0) is 46.3 Å². The van der Waals surface area contributed by atoms with Crippen molar-refractivity contribution in [3.8, 4) is 0 Å². The first-order chi connectivity index (χ1) is 7.70. The molecule has 0 saturated carbocycles. The summed E-state index contributed by atoms with van der Waals surface area (Å²) in [4.78, 5) is 5.08. The zero-order valence-electron chi connectivity index (χ0n) is 11.1. The molecule has 2 aliphatic rings. The standard InChI is InChI=1S/C13H27N3/c1-4-16-7-5-6-13(16)9-14-12-8-11(2)15(3)10-12/h11-14H,4-10H2,1-3H3. The van der Waals surface area contributed by atoms with E-state index in [1.807, 2.05) is 0 Å². The molecule has 0 aliphatic carbocycles. The lowest BCUT2D eigenvalue weighted by Gasteiger charge is -2.24. The molecule has 0 aromatic heterocycles. The van der Waals surface area contributed by atoms with Gasteiger partial charge in [0.05, 0.1) is 0 Å². The van der Waals surface area contributed by atoms with Gasteiger partial charge in [0.15, 0.2) is 0 Å². The summed E-state index contributed by atoms with van der Waals surface area (Å²) >= 11 is 0. The van der Waals surface area contributed by atoms with E-state index >= 15 is 0 Å². The Morgan fingerprint density at radius 3 is 2.81 bits per heavy atom. The first-order valence-corrected chi connectivity index (χ1v) is 6.88. The van der Waals surface area contributed by atoms with Crippen LogP contribution in [0.4, 0.5) is 0 Å². The molecule has 0 aromatic carbocycles. The Bertz CT molecular complexity index is 209. The quantitative estimate of drug-likeness (QED) is 0.774. The molecular formula is C13H27N3. The molecule has 3 unspecified atom stereocenters. The molecule has 3 nitrogen and oxygen atoms in total. The van der Waals surface area contributed by atoms with Crippen molar-refractivity contribution < 1.29 is 0 Å². The van der Waals surface area contributed by atoms with Gasteiger partial charge < -0.3 is 10.2 Å². The van der Waals surface area contributed by atoms with Crippen molar-refractivity contribution in [3.05, 3.63) is 0 Å². The molecule has 2 saturated heterocycles. The fourth-order valence-corrected chi connectivity index (χ4v) is 3.19. The summed E-state index contributed by atoms with van der Waals surface area (Å²) in [6.45, 7) is 9.55. The Kier molecular flexibility index (Phi) is 4.22. The van der Waals surface area contributed by atoms with Crippen LogP contribution in [0.25, 0.3) is 0 Å².